The maximum Gasteiger partial charge on any atom is 0.308 e. The Morgan fingerprint density at radius 3 is 2.73 bits per heavy atom. The first-order valence-corrected chi connectivity index (χ1v) is 9.40. The Morgan fingerprint density at radius 1 is 1.27 bits per heavy atom. The summed E-state index contributed by atoms with van der Waals surface area (Å²) < 4.78 is 4.73. The van der Waals surface area contributed by atoms with Crippen LogP contribution in [0.4, 0.5) is 5.69 Å². The van der Waals surface area contributed by atoms with Crippen LogP contribution in [-0.4, -0.2) is 42.4 Å². The van der Waals surface area contributed by atoms with E-state index in [1.165, 1.54) is 13.2 Å². The zero-order valence-electron chi connectivity index (χ0n) is 16.4. The van der Waals surface area contributed by atoms with Crippen LogP contribution in [0, 0.1) is 0 Å². The van der Waals surface area contributed by atoms with E-state index in [1.807, 2.05) is 30.3 Å². The van der Waals surface area contributed by atoms with Crippen LogP contribution in [0.3, 0.4) is 0 Å². The van der Waals surface area contributed by atoms with E-state index in [9.17, 15) is 14.4 Å². The molecule has 0 saturated carbocycles. The van der Waals surface area contributed by atoms with Crippen molar-refractivity contribution >= 4 is 23.5 Å². The largest absolute Gasteiger partial charge is 0.469 e. The summed E-state index contributed by atoms with van der Waals surface area (Å²) >= 11 is 0. The lowest BCUT2D eigenvalue weighted by Crippen LogP contribution is -2.42. The van der Waals surface area contributed by atoms with Gasteiger partial charge in [0.2, 0.25) is 11.8 Å². The number of hydrogen-bond acceptors (Lipinski definition) is 5. The van der Waals surface area contributed by atoms with E-state index in [0.29, 0.717) is 25.2 Å². The summed E-state index contributed by atoms with van der Waals surface area (Å²) in [5, 5.41) is 6.16. The molecule has 0 spiro atoms. The molecule has 0 aromatic heterocycles. The van der Waals surface area contributed by atoms with Gasteiger partial charge in [0, 0.05) is 29.3 Å². The molecule has 3 rings (SSSR count). The van der Waals surface area contributed by atoms with Gasteiger partial charge in [0.25, 0.3) is 0 Å². The Kier molecular flexibility index (Phi) is 6.67. The number of ether oxygens (including phenoxy) is 1. The van der Waals surface area contributed by atoms with Crippen LogP contribution in [0.15, 0.2) is 53.6 Å². The number of methoxy groups -OCH3 is 1. The molecule has 1 atom stereocenters. The van der Waals surface area contributed by atoms with Crippen molar-refractivity contribution < 1.29 is 19.1 Å². The SMILES string of the molecule is COC(=O)CC1Nc2cc(C(=O)N=[N+]=[N-])ccc2CN(CCc2ccccc2)C1=O. The van der Waals surface area contributed by atoms with Crippen molar-refractivity contribution in [3.63, 3.8) is 0 Å². The third kappa shape index (κ3) is 4.95. The molecule has 1 unspecified atom stereocenters. The zero-order valence-corrected chi connectivity index (χ0v) is 16.4. The average Bonchev–Trinajstić information content (AvgIpc) is 2.89. The van der Waals surface area contributed by atoms with Crippen molar-refractivity contribution in [3.05, 3.63) is 75.7 Å². The lowest BCUT2D eigenvalue weighted by atomic mass is 10.1. The molecule has 1 aliphatic heterocycles. The van der Waals surface area contributed by atoms with Gasteiger partial charge in [0.15, 0.2) is 0 Å². The van der Waals surface area contributed by atoms with Gasteiger partial charge >= 0.3 is 5.97 Å². The normalized spacial score (nSPS) is 15.3. The Labute approximate surface area is 173 Å². The molecular formula is C21H21N5O4. The fourth-order valence-electron chi connectivity index (χ4n) is 3.32. The molecule has 9 nitrogen and oxygen atoms in total. The highest BCUT2D eigenvalue weighted by Crippen LogP contribution is 2.26. The number of fused-ring (bicyclic) bond motifs is 1. The molecule has 1 heterocycles. The summed E-state index contributed by atoms with van der Waals surface area (Å²) in [6.45, 7) is 0.794. The first-order chi connectivity index (χ1) is 14.5. The Morgan fingerprint density at radius 2 is 2.03 bits per heavy atom. The highest BCUT2D eigenvalue weighted by atomic mass is 16.5. The van der Waals surface area contributed by atoms with Crippen molar-refractivity contribution in [1.29, 1.82) is 0 Å². The fraction of sp³-hybridized carbons (Fsp3) is 0.286. The second-order valence-corrected chi connectivity index (χ2v) is 6.84. The van der Waals surface area contributed by atoms with Crippen LogP contribution >= 0.6 is 0 Å². The summed E-state index contributed by atoms with van der Waals surface area (Å²) in [6.07, 6.45) is 0.519. The maximum atomic E-state index is 13.1. The van der Waals surface area contributed by atoms with E-state index in [4.69, 9.17) is 10.3 Å². The predicted molar refractivity (Wildman–Crippen MR) is 110 cm³/mol. The number of nitrogens with one attached hydrogen (secondary N) is 1. The molecule has 0 bridgehead atoms. The number of anilines is 1. The number of carbonyl (C=O) groups excluding carboxylic acids is 3. The van der Waals surface area contributed by atoms with Gasteiger partial charge in [0.05, 0.1) is 13.5 Å². The van der Waals surface area contributed by atoms with Crippen molar-refractivity contribution in [2.24, 2.45) is 5.11 Å². The summed E-state index contributed by atoms with van der Waals surface area (Å²) in [7, 11) is 1.27. The van der Waals surface area contributed by atoms with Crippen LogP contribution < -0.4 is 5.32 Å². The summed E-state index contributed by atoms with van der Waals surface area (Å²) in [6, 6.07) is 13.8. The number of carbonyl (C=O) groups is 3. The summed E-state index contributed by atoms with van der Waals surface area (Å²) in [4.78, 5) is 41.1. The maximum absolute atomic E-state index is 13.1. The number of esters is 1. The third-order valence-electron chi connectivity index (χ3n) is 4.90. The van der Waals surface area contributed by atoms with Gasteiger partial charge in [-0.05, 0) is 34.3 Å². The minimum absolute atomic E-state index is 0.148. The predicted octanol–water partition coefficient (Wildman–Crippen LogP) is 3.07. The molecule has 1 aliphatic rings. The molecule has 9 heteroatoms. The quantitative estimate of drug-likeness (QED) is 0.341. The van der Waals surface area contributed by atoms with Crippen LogP contribution in [0.5, 0.6) is 0 Å². The minimum Gasteiger partial charge on any atom is -0.469 e. The Balaban J connectivity index is 1.89. The first kappa shape index (κ1) is 20.9. The van der Waals surface area contributed by atoms with E-state index in [0.717, 1.165) is 11.1 Å². The molecule has 154 valence electrons. The molecular weight excluding hydrogens is 386 g/mol. The molecule has 2 aromatic carbocycles. The first-order valence-electron chi connectivity index (χ1n) is 9.40. The second kappa shape index (κ2) is 9.58. The number of hydrogen-bond donors (Lipinski definition) is 1. The van der Waals surface area contributed by atoms with Crippen molar-refractivity contribution in [1.82, 2.24) is 4.90 Å². The van der Waals surface area contributed by atoms with E-state index >= 15 is 0 Å². The molecule has 2 aromatic rings. The van der Waals surface area contributed by atoms with E-state index < -0.39 is 17.9 Å². The Hall–Kier alpha value is -3.84. The monoisotopic (exact) mass is 407 g/mol. The van der Waals surface area contributed by atoms with E-state index in [2.05, 4.69) is 15.3 Å². The number of azide groups is 1. The van der Waals surface area contributed by atoms with Crippen LogP contribution in [0.25, 0.3) is 10.4 Å². The summed E-state index contributed by atoms with van der Waals surface area (Å²) in [5.74, 6) is -1.47. The van der Waals surface area contributed by atoms with Crippen LogP contribution in [0.2, 0.25) is 0 Å². The van der Waals surface area contributed by atoms with Gasteiger partial charge in [0.1, 0.15) is 6.04 Å². The number of benzene rings is 2. The second-order valence-electron chi connectivity index (χ2n) is 6.84. The van der Waals surface area contributed by atoms with Gasteiger partial charge < -0.3 is 15.0 Å². The smallest absolute Gasteiger partial charge is 0.308 e. The van der Waals surface area contributed by atoms with Gasteiger partial charge in [-0.15, -0.1) is 0 Å². The van der Waals surface area contributed by atoms with Crippen molar-refractivity contribution in [3.8, 4) is 0 Å². The minimum atomic E-state index is -0.834. The lowest BCUT2D eigenvalue weighted by molar-refractivity contribution is -0.144. The lowest BCUT2D eigenvalue weighted by Gasteiger charge is -2.24. The Bertz CT molecular complexity index is 1000. The standard InChI is InChI=1S/C21H21N5O4/c1-30-19(27)12-18-21(29)26(10-9-14-5-3-2-4-6-14)13-16-8-7-15(11-17(16)23-18)20(28)24-25-22/h2-8,11,18,23H,9-10,12-13H2,1H3. The van der Waals surface area contributed by atoms with E-state index in [1.54, 1.807) is 17.0 Å². The van der Waals surface area contributed by atoms with Crippen LogP contribution in [0.1, 0.15) is 27.9 Å². The fourth-order valence-corrected chi connectivity index (χ4v) is 3.32. The highest BCUT2D eigenvalue weighted by Gasteiger charge is 2.31. The van der Waals surface area contributed by atoms with Crippen LogP contribution in [-0.2, 0) is 27.3 Å². The zero-order chi connectivity index (χ0) is 21.5. The average molecular weight is 407 g/mol. The molecule has 2 amide bonds. The van der Waals surface area contributed by atoms with Gasteiger partial charge in [-0.2, -0.15) is 0 Å². The van der Waals surface area contributed by atoms with Gasteiger partial charge in [-0.25, -0.2) is 0 Å². The molecule has 30 heavy (non-hydrogen) atoms. The van der Waals surface area contributed by atoms with Crippen molar-refractivity contribution in [2.75, 3.05) is 19.0 Å². The van der Waals surface area contributed by atoms with Crippen molar-refractivity contribution in [2.45, 2.75) is 25.4 Å². The molecule has 1 N–H and O–H groups in total. The molecule has 0 aliphatic carbocycles. The van der Waals surface area contributed by atoms with E-state index in [-0.39, 0.29) is 17.9 Å². The summed E-state index contributed by atoms with van der Waals surface area (Å²) in [5.41, 5.74) is 11.1. The molecule has 0 fully saturated rings. The number of amides is 2. The van der Waals surface area contributed by atoms with Gasteiger partial charge in [-0.3, -0.25) is 14.4 Å². The topological polar surface area (TPSA) is 124 Å². The van der Waals surface area contributed by atoms with Gasteiger partial charge in [-0.1, -0.05) is 42.5 Å². The third-order valence-corrected chi connectivity index (χ3v) is 4.90. The highest BCUT2D eigenvalue weighted by molar-refractivity contribution is 5.97. The molecule has 0 saturated heterocycles. The number of rotatable bonds is 6. The molecule has 0 radical (unpaired) electrons. The number of nitrogens with zero attached hydrogens (tertiary/aromatic N) is 4.